The summed E-state index contributed by atoms with van der Waals surface area (Å²) in [7, 11) is -9.92. The molecule has 0 aromatic rings. The lowest BCUT2D eigenvalue weighted by molar-refractivity contribution is -0.161. The first-order chi connectivity index (χ1) is 46.8. The molecular weight excluding hydrogens is 1270 g/mol. The van der Waals surface area contributed by atoms with Gasteiger partial charge in [0.15, 0.2) is 12.2 Å². The molecule has 0 bridgehead atoms. The molecule has 97 heavy (non-hydrogen) atoms. The van der Waals surface area contributed by atoms with Crippen molar-refractivity contribution in [2.45, 2.75) is 394 Å². The Morgan fingerprint density at radius 2 is 0.608 bits per heavy atom. The van der Waals surface area contributed by atoms with Crippen molar-refractivity contribution < 1.29 is 80.2 Å². The number of carbonyl (C=O) groups excluding carboxylic acids is 4. The van der Waals surface area contributed by atoms with Crippen LogP contribution in [0.4, 0.5) is 0 Å². The van der Waals surface area contributed by atoms with Crippen LogP contribution in [0.1, 0.15) is 376 Å². The fraction of sp³-hybridized carbons (Fsp3) is 0.897. The minimum atomic E-state index is -4.97. The maximum Gasteiger partial charge on any atom is 0.472 e. The highest BCUT2D eigenvalue weighted by Crippen LogP contribution is 2.45. The van der Waals surface area contributed by atoms with Crippen LogP contribution in [0.3, 0.4) is 0 Å². The zero-order valence-corrected chi connectivity index (χ0v) is 64.8. The average Bonchev–Trinajstić information content (AvgIpc) is 0.988. The molecule has 0 aliphatic carbocycles. The smallest absolute Gasteiger partial charge is 0.462 e. The van der Waals surface area contributed by atoms with E-state index in [9.17, 15) is 43.2 Å². The Kier molecular flexibility index (Phi) is 66.3. The van der Waals surface area contributed by atoms with E-state index >= 15 is 0 Å². The number of aliphatic hydroxyl groups is 1. The monoisotopic (exact) mass is 1420 g/mol. The zero-order chi connectivity index (χ0) is 71.6. The van der Waals surface area contributed by atoms with Gasteiger partial charge < -0.3 is 33.8 Å². The Morgan fingerprint density at radius 3 is 0.918 bits per heavy atom. The number of allylic oxidation sites excluding steroid dienone is 4. The molecule has 0 radical (unpaired) electrons. The normalized spacial score (nSPS) is 14.5. The van der Waals surface area contributed by atoms with E-state index in [0.717, 1.165) is 115 Å². The molecule has 0 saturated heterocycles. The predicted octanol–water partition coefficient (Wildman–Crippen LogP) is 22.5. The maximum absolute atomic E-state index is 13.1. The van der Waals surface area contributed by atoms with E-state index in [4.69, 9.17) is 37.0 Å². The molecule has 19 heteroatoms. The number of rotatable bonds is 74. The minimum absolute atomic E-state index is 0.0850. The first kappa shape index (κ1) is 94.5. The second-order valence-electron chi connectivity index (χ2n) is 28.6. The quantitative estimate of drug-likeness (QED) is 0.0169. The standard InChI is InChI=1S/C78H148O17P2/c1-8-10-11-12-13-14-15-16-21-26-29-32-39-47-54-61-77(82)94-73(65-88-75(80)59-52-45-38-31-28-25-23-20-18-17-19-22-24-27-30-37-44-51-58-71(7)9-2)67-92-96(84,85)90-63-72(79)64-91-97(86,87)93-68-74(95-78(83)62-55-48-41-34-36-43-50-57-70(5)6)66-89-76(81)60-53-46-40-33-35-42-49-56-69(3)4/h14-16,21,69-74,79H,8-13,17-20,22-68H2,1-7H3,(H,84,85)(H,86,87)/b15-14-,21-16-/t71?,72?,73-,74-/m1/s1. The minimum Gasteiger partial charge on any atom is -0.462 e. The van der Waals surface area contributed by atoms with Crippen LogP contribution in [0.15, 0.2) is 24.3 Å². The molecule has 3 N–H and O–H groups in total. The molecule has 0 aliphatic heterocycles. The van der Waals surface area contributed by atoms with Crippen molar-refractivity contribution in [2.75, 3.05) is 39.6 Å². The van der Waals surface area contributed by atoms with Gasteiger partial charge in [-0.1, -0.05) is 323 Å². The molecular formula is C78H148O17P2. The van der Waals surface area contributed by atoms with Gasteiger partial charge in [0.25, 0.3) is 0 Å². The molecule has 0 aliphatic rings. The molecule has 0 aromatic carbocycles. The third kappa shape index (κ3) is 70.4. The van der Waals surface area contributed by atoms with Crippen molar-refractivity contribution in [2.24, 2.45) is 17.8 Å². The number of hydrogen-bond acceptors (Lipinski definition) is 15. The van der Waals surface area contributed by atoms with Gasteiger partial charge in [-0.2, -0.15) is 0 Å². The Hall–Kier alpha value is -2.46. The summed E-state index contributed by atoms with van der Waals surface area (Å²) < 4.78 is 68.4. The second kappa shape index (κ2) is 68.0. The van der Waals surface area contributed by atoms with Gasteiger partial charge in [0.2, 0.25) is 0 Å². The highest BCUT2D eigenvalue weighted by atomic mass is 31.2. The highest BCUT2D eigenvalue weighted by molar-refractivity contribution is 7.47. The molecule has 17 nitrogen and oxygen atoms in total. The molecule has 4 unspecified atom stereocenters. The number of phosphoric acid groups is 2. The Bertz CT molecular complexity index is 1980. The Balaban J connectivity index is 5.20. The summed E-state index contributed by atoms with van der Waals surface area (Å²) in [4.78, 5) is 72.7. The fourth-order valence-corrected chi connectivity index (χ4v) is 13.0. The van der Waals surface area contributed by atoms with E-state index < -0.39 is 97.5 Å². The molecule has 0 heterocycles. The van der Waals surface area contributed by atoms with Gasteiger partial charge >= 0.3 is 39.5 Å². The SMILES string of the molecule is CCCCCC/C=C\C=C/CCCCCCCC(=O)O[C@H](COC(=O)CCCCCCCCCCCCCCCCCCCCC(C)CC)COP(=O)(O)OCC(O)COP(=O)(O)OC[C@@H](COC(=O)CCCCCCCCCC(C)C)OC(=O)CCCCCCCCCC(C)C. The second-order valence-corrected chi connectivity index (χ2v) is 31.5. The predicted molar refractivity (Wildman–Crippen MR) is 395 cm³/mol. The van der Waals surface area contributed by atoms with E-state index in [-0.39, 0.29) is 25.7 Å². The van der Waals surface area contributed by atoms with Crippen LogP contribution in [-0.4, -0.2) is 96.7 Å². The van der Waals surface area contributed by atoms with Gasteiger partial charge in [-0.15, -0.1) is 0 Å². The van der Waals surface area contributed by atoms with Crippen molar-refractivity contribution in [1.29, 1.82) is 0 Å². The van der Waals surface area contributed by atoms with Gasteiger partial charge in [0, 0.05) is 25.7 Å². The first-order valence-corrected chi connectivity index (χ1v) is 42.7. The Labute approximate surface area is 592 Å². The summed E-state index contributed by atoms with van der Waals surface area (Å²) in [5.74, 6) is 0.119. The number of aliphatic hydroxyl groups excluding tert-OH is 1. The topological polar surface area (TPSA) is 237 Å². The largest absolute Gasteiger partial charge is 0.472 e. The summed E-state index contributed by atoms with van der Waals surface area (Å²) >= 11 is 0. The third-order valence-electron chi connectivity index (χ3n) is 17.9. The van der Waals surface area contributed by atoms with E-state index in [1.165, 1.54) is 167 Å². The molecule has 0 saturated carbocycles. The number of ether oxygens (including phenoxy) is 4. The van der Waals surface area contributed by atoms with Crippen molar-refractivity contribution >= 4 is 39.5 Å². The highest BCUT2D eigenvalue weighted by Gasteiger charge is 2.30. The zero-order valence-electron chi connectivity index (χ0n) is 63.0. The number of unbranched alkanes of at least 4 members (excludes halogenated alkanes) is 38. The summed E-state index contributed by atoms with van der Waals surface area (Å²) in [6.45, 7) is 11.8. The van der Waals surface area contributed by atoms with Gasteiger partial charge in [-0.05, 0) is 69.1 Å². The number of carbonyl (C=O) groups is 4. The fourth-order valence-electron chi connectivity index (χ4n) is 11.4. The van der Waals surface area contributed by atoms with Crippen LogP contribution in [0.5, 0.6) is 0 Å². The molecule has 0 rings (SSSR count). The van der Waals surface area contributed by atoms with E-state index in [0.29, 0.717) is 37.5 Å². The van der Waals surface area contributed by atoms with Crippen LogP contribution in [0.25, 0.3) is 0 Å². The lowest BCUT2D eigenvalue weighted by Gasteiger charge is -2.21. The summed E-state index contributed by atoms with van der Waals surface area (Å²) in [5, 5.41) is 10.6. The number of phosphoric ester groups is 2. The van der Waals surface area contributed by atoms with Crippen LogP contribution in [-0.2, 0) is 65.4 Å². The van der Waals surface area contributed by atoms with E-state index in [1.807, 2.05) is 0 Å². The summed E-state index contributed by atoms with van der Waals surface area (Å²) in [6.07, 6.45) is 58.0. The van der Waals surface area contributed by atoms with Gasteiger partial charge in [-0.25, -0.2) is 9.13 Å². The van der Waals surface area contributed by atoms with Crippen molar-refractivity contribution in [3.63, 3.8) is 0 Å². The summed E-state index contributed by atoms with van der Waals surface area (Å²) in [5.41, 5.74) is 0. The number of hydrogen-bond donors (Lipinski definition) is 3. The van der Waals surface area contributed by atoms with E-state index in [2.05, 4.69) is 72.8 Å². The first-order valence-electron chi connectivity index (χ1n) is 39.7. The lowest BCUT2D eigenvalue weighted by atomic mass is 9.99. The van der Waals surface area contributed by atoms with Crippen molar-refractivity contribution in [3.8, 4) is 0 Å². The number of esters is 4. The van der Waals surface area contributed by atoms with Crippen LogP contribution in [0, 0.1) is 17.8 Å². The van der Waals surface area contributed by atoms with Gasteiger partial charge in [0.1, 0.15) is 19.3 Å². The van der Waals surface area contributed by atoms with Crippen LogP contribution < -0.4 is 0 Å². The molecule has 0 amide bonds. The van der Waals surface area contributed by atoms with Crippen LogP contribution >= 0.6 is 15.6 Å². The molecule has 6 atom stereocenters. The molecule has 0 aromatic heterocycles. The molecule has 0 fully saturated rings. The summed E-state index contributed by atoms with van der Waals surface area (Å²) in [6, 6.07) is 0. The average molecular weight is 1420 g/mol. The molecule has 572 valence electrons. The molecule has 0 spiro atoms. The van der Waals surface area contributed by atoms with Gasteiger partial charge in [0.05, 0.1) is 26.4 Å². The van der Waals surface area contributed by atoms with Gasteiger partial charge in [-0.3, -0.25) is 37.3 Å². The van der Waals surface area contributed by atoms with E-state index in [1.54, 1.807) is 0 Å². The van der Waals surface area contributed by atoms with Crippen molar-refractivity contribution in [3.05, 3.63) is 24.3 Å². The maximum atomic E-state index is 13.1. The Morgan fingerprint density at radius 1 is 0.340 bits per heavy atom. The van der Waals surface area contributed by atoms with Crippen molar-refractivity contribution in [1.82, 2.24) is 0 Å². The third-order valence-corrected chi connectivity index (χ3v) is 19.8. The van der Waals surface area contributed by atoms with Crippen LogP contribution in [0.2, 0.25) is 0 Å². The lowest BCUT2D eigenvalue weighted by Crippen LogP contribution is -2.30.